The lowest BCUT2D eigenvalue weighted by Crippen LogP contribution is -2.10. The fourth-order valence-electron chi connectivity index (χ4n) is 4.56. The van der Waals surface area contributed by atoms with Gasteiger partial charge in [0.2, 0.25) is 0 Å². The van der Waals surface area contributed by atoms with Crippen molar-refractivity contribution in [1.82, 2.24) is 0 Å². The molecule has 0 spiro atoms. The van der Waals surface area contributed by atoms with E-state index in [1.165, 1.54) is 41.8 Å². The number of hydrogen-bond donors (Lipinski definition) is 0. The van der Waals surface area contributed by atoms with Gasteiger partial charge < -0.3 is 4.74 Å². The Morgan fingerprint density at radius 3 is 1.60 bits per heavy atom. The van der Waals surface area contributed by atoms with Crippen LogP contribution in [0.15, 0.2) is 91.0 Å². The Morgan fingerprint density at radius 2 is 1.11 bits per heavy atom. The molecule has 0 N–H and O–H groups in total. The zero-order chi connectivity index (χ0) is 24.8. The molecule has 178 valence electrons. The van der Waals surface area contributed by atoms with Crippen LogP contribution in [0.3, 0.4) is 0 Å². The maximum absolute atomic E-state index is 6.06. The Hall–Kier alpha value is -3.10. The third-order valence-corrected chi connectivity index (χ3v) is 9.06. The molecule has 0 amide bonds. The molecule has 0 bridgehead atoms. The fourth-order valence-corrected chi connectivity index (χ4v) is 6.89. The van der Waals surface area contributed by atoms with Crippen LogP contribution in [0.25, 0.3) is 25.1 Å². The van der Waals surface area contributed by atoms with Crippen LogP contribution in [0.1, 0.15) is 58.2 Å². The van der Waals surface area contributed by atoms with E-state index in [0.29, 0.717) is 6.61 Å². The molecule has 0 aliphatic rings. The first-order valence-electron chi connectivity index (χ1n) is 12.4. The van der Waals surface area contributed by atoms with E-state index in [0.717, 1.165) is 5.75 Å². The second-order valence-corrected chi connectivity index (χ2v) is 13.4. The first-order valence-corrected chi connectivity index (χ1v) is 13.6. The van der Waals surface area contributed by atoms with Crippen molar-refractivity contribution in [2.24, 2.45) is 0 Å². The van der Waals surface area contributed by atoms with Crippen LogP contribution < -0.4 is 4.74 Å². The molecule has 5 rings (SSSR count). The molecule has 2 heteroatoms. The smallest absolute Gasteiger partial charge is 0.187 e. The molecule has 35 heavy (non-hydrogen) atoms. The predicted octanol–water partition coefficient (Wildman–Crippen LogP) is 9.91. The van der Waals surface area contributed by atoms with Gasteiger partial charge in [0.1, 0.15) is 12.4 Å². The highest BCUT2D eigenvalue weighted by atomic mass is 32.2. The molecule has 4 aromatic carbocycles. The van der Waals surface area contributed by atoms with Gasteiger partial charge in [-0.3, -0.25) is 0 Å². The normalized spacial score (nSPS) is 12.4. The predicted molar refractivity (Wildman–Crippen MR) is 153 cm³/mol. The largest absolute Gasteiger partial charge is 0.489 e. The highest BCUT2D eigenvalue weighted by Gasteiger charge is 2.27. The van der Waals surface area contributed by atoms with Crippen molar-refractivity contribution >= 4 is 30.6 Å². The van der Waals surface area contributed by atoms with Crippen molar-refractivity contribution < 1.29 is 4.74 Å². The SMILES string of the molecule is CC(C)(C)c1ccc2c(c1)c1cc(C(C)(C)C)ccc1[s+]2-c1ccc(OCc2ccccc2)cc1. The van der Waals surface area contributed by atoms with Crippen LogP contribution >= 0.6 is 10.5 Å². The monoisotopic (exact) mass is 479 g/mol. The molecule has 0 aliphatic carbocycles. The molecule has 0 atom stereocenters. The van der Waals surface area contributed by atoms with Crippen molar-refractivity contribution in [3.8, 4) is 10.6 Å². The molecule has 0 saturated heterocycles. The van der Waals surface area contributed by atoms with E-state index in [1.54, 1.807) is 0 Å². The minimum atomic E-state index is -0.114. The summed E-state index contributed by atoms with van der Waals surface area (Å²) in [7, 11) is -0.114. The van der Waals surface area contributed by atoms with Crippen LogP contribution in [0.4, 0.5) is 0 Å². The van der Waals surface area contributed by atoms with Gasteiger partial charge in [0, 0.05) is 33.4 Å². The van der Waals surface area contributed by atoms with Gasteiger partial charge in [0.05, 0.1) is 0 Å². The molecule has 0 saturated carbocycles. The van der Waals surface area contributed by atoms with Crippen LogP contribution in [0, 0.1) is 0 Å². The quantitative estimate of drug-likeness (QED) is 0.233. The topological polar surface area (TPSA) is 9.23 Å². The molecule has 0 fully saturated rings. The summed E-state index contributed by atoms with van der Waals surface area (Å²) in [4.78, 5) is 1.34. The minimum absolute atomic E-state index is 0.114. The van der Waals surface area contributed by atoms with Crippen molar-refractivity contribution in [3.63, 3.8) is 0 Å². The van der Waals surface area contributed by atoms with Crippen LogP contribution in [0.2, 0.25) is 0 Å². The van der Waals surface area contributed by atoms with Crippen molar-refractivity contribution in [2.75, 3.05) is 0 Å². The summed E-state index contributed by atoms with van der Waals surface area (Å²) in [5, 5.41) is 2.79. The zero-order valence-electron chi connectivity index (χ0n) is 21.7. The molecular formula is C33H35OS+. The second-order valence-electron chi connectivity index (χ2n) is 11.5. The van der Waals surface area contributed by atoms with Crippen LogP contribution in [-0.2, 0) is 17.4 Å². The summed E-state index contributed by atoms with van der Waals surface area (Å²) in [5.41, 5.74) is 4.20. The van der Waals surface area contributed by atoms with Gasteiger partial charge in [-0.15, -0.1) is 0 Å². The maximum Gasteiger partial charge on any atom is 0.187 e. The molecule has 1 heterocycles. The third kappa shape index (κ3) is 4.73. The van der Waals surface area contributed by atoms with Gasteiger partial charge in [-0.25, -0.2) is 0 Å². The van der Waals surface area contributed by atoms with Gasteiger partial charge >= 0.3 is 0 Å². The summed E-state index contributed by atoms with van der Waals surface area (Å²) in [6.45, 7) is 14.4. The van der Waals surface area contributed by atoms with E-state index >= 15 is 0 Å². The second kappa shape index (κ2) is 8.84. The Bertz CT molecular complexity index is 1410. The van der Waals surface area contributed by atoms with Crippen LogP contribution in [0.5, 0.6) is 5.75 Å². The highest BCUT2D eigenvalue weighted by molar-refractivity contribution is 7.50. The molecule has 5 aromatic rings. The Balaban J connectivity index is 1.60. The van der Waals surface area contributed by atoms with E-state index in [9.17, 15) is 0 Å². The Kier molecular flexibility index (Phi) is 5.97. The van der Waals surface area contributed by atoms with Gasteiger partial charge in [0.25, 0.3) is 0 Å². The minimum Gasteiger partial charge on any atom is -0.489 e. The molecule has 0 unspecified atom stereocenters. The average molecular weight is 480 g/mol. The van der Waals surface area contributed by atoms with E-state index in [-0.39, 0.29) is 21.3 Å². The fraction of sp³-hybridized carbons (Fsp3) is 0.273. The van der Waals surface area contributed by atoms with Gasteiger partial charge in [-0.05, 0) is 63.9 Å². The maximum atomic E-state index is 6.06. The van der Waals surface area contributed by atoms with Crippen LogP contribution in [-0.4, -0.2) is 0 Å². The summed E-state index contributed by atoms with van der Waals surface area (Å²) in [5.74, 6) is 0.909. The lowest BCUT2D eigenvalue weighted by Gasteiger charge is -2.19. The Labute approximate surface area is 212 Å². The Morgan fingerprint density at radius 1 is 0.600 bits per heavy atom. The van der Waals surface area contributed by atoms with Gasteiger partial charge in [-0.2, -0.15) is 0 Å². The van der Waals surface area contributed by atoms with Crippen molar-refractivity contribution in [3.05, 3.63) is 108 Å². The number of hydrogen-bond acceptors (Lipinski definition) is 1. The van der Waals surface area contributed by atoms with Gasteiger partial charge in [-0.1, -0.05) is 84.0 Å². The lowest BCUT2D eigenvalue weighted by molar-refractivity contribution is 0.306. The summed E-state index contributed by atoms with van der Waals surface area (Å²) in [6, 6.07) is 33.3. The molecule has 0 aliphatic heterocycles. The lowest BCUT2D eigenvalue weighted by atomic mass is 9.85. The number of rotatable bonds is 4. The molecular weight excluding hydrogens is 444 g/mol. The van der Waals surface area contributed by atoms with E-state index < -0.39 is 0 Å². The molecule has 0 radical (unpaired) electrons. The number of thiophene rings is 1. The van der Waals surface area contributed by atoms with E-state index in [2.05, 4.69) is 114 Å². The summed E-state index contributed by atoms with van der Waals surface area (Å²) >= 11 is 0. The van der Waals surface area contributed by atoms with E-state index in [4.69, 9.17) is 4.74 Å². The highest BCUT2D eigenvalue weighted by Crippen LogP contribution is 2.50. The van der Waals surface area contributed by atoms with Crippen molar-refractivity contribution in [2.45, 2.75) is 59.0 Å². The standard InChI is InChI=1S/C33H35OS/c1-32(2,3)24-12-18-30-28(20-24)29-21-25(33(4,5)6)13-19-31(29)35(30)27-16-14-26(15-17-27)34-22-23-10-8-7-9-11-23/h7-21H,22H2,1-6H3/q+1. The first-order chi connectivity index (χ1) is 16.6. The molecule has 1 aromatic heterocycles. The van der Waals surface area contributed by atoms with Gasteiger partial charge in [0.15, 0.2) is 14.3 Å². The summed E-state index contributed by atoms with van der Waals surface area (Å²) in [6.07, 6.45) is 0. The number of benzene rings is 4. The molecule has 1 nitrogen and oxygen atoms in total. The first kappa shape index (κ1) is 23.6. The summed E-state index contributed by atoms with van der Waals surface area (Å²) < 4.78 is 8.91. The van der Waals surface area contributed by atoms with Crippen molar-refractivity contribution in [1.29, 1.82) is 0 Å². The average Bonchev–Trinajstić information content (AvgIpc) is 3.16. The zero-order valence-corrected chi connectivity index (χ0v) is 22.5. The number of ether oxygens (including phenoxy) is 1. The van der Waals surface area contributed by atoms with E-state index in [1.807, 2.05) is 18.2 Å². The number of fused-ring (bicyclic) bond motifs is 3. The third-order valence-electron chi connectivity index (χ3n) is 6.73.